The molecule has 1 aromatic rings. The van der Waals surface area contributed by atoms with Crippen LogP contribution < -0.4 is 10.6 Å². The summed E-state index contributed by atoms with van der Waals surface area (Å²) in [6.45, 7) is 4.57. The summed E-state index contributed by atoms with van der Waals surface area (Å²) < 4.78 is 0. The first-order chi connectivity index (χ1) is 8.56. The number of hydrogen-bond acceptors (Lipinski definition) is 5. The van der Waals surface area contributed by atoms with Crippen LogP contribution in [0.25, 0.3) is 0 Å². The number of rotatable bonds is 7. The van der Waals surface area contributed by atoms with Crippen molar-refractivity contribution >= 4 is 17.1 Å². The SMILES string of the molecule is CCCNc1cccc(NCC(C)O)c1[N+](=O)[O-]. The highest BCUT2D eigenvalue weighted by molar-refractivity contribution is 5.76. The van der Waals surface area contributed by atoms with Gasteiger partial charge in [-0.15, -0.1) is 0 Å². The summed E-state index contributed by atoms with van der Waals surface area (Å²) in [6.07, 6.45) is 0.333. The maximum Gasteiger partial charge on any atom is 0.315 e. The van der Waals surface area contributed by atoms with Gasteiger partial charge < -0.3 is 15.7 Å². The van der Waals surface area contributed by atoms with Crippen molar-refractivity contribution in [1.82, 2.24) is 0 Å². The second-order valence-corrected chi connectivity index (χ2v) is 4.12. The Bertz CT molecular complexity index is 408. The minimum Gasteiger partial charge on any atom is -0.392 e. The highest BCUT2D eigenvalue weighted by atomic mass is 16.6. The molecule has 0 fully saturated rings. The Labute approximate surface area is 106 Å². The molecule has 0 amide bonds. The second-order valence-electron chi connectivity index (χ2n) is 4.12. The van der Waals surface area contributed by atoms with Crippen LogP contribution in [-0.4, -0.2) is 29.2 Å². The third kappa shape index (κ3) is 3.89. The monoisotopic (exact) mass is 253 g/mol. The number of para-hydroxylation sites is 1. The summed E-state index contributed by atoms with van der Waals surface area (Å²) in [5.41, 5.74) is 0.936. The number of benzene rings is 1. The van der Waals surface area contributed by atoms with Gasteiger partial charge >= 0.3 is 5.69 Å². The lowest BCUT2D eigenvalue weighted by Crippen LogP contribution is -2.16. The Morgan fingerprint density at radius 1 is 1.39 bits per heavy atom. The maximum atomic E-state index is 11.1. The first-order valence-corrected chi connectivity index (χ1v) is 5.99. The molecular weight excluding hydrogens is 234 g/mol. The van der Waals surface area contributed by atoms with Gasteiger partial charge in [-0.1, -0.05) is 13.0 Å². The number of aliphatic hydroxyl groups is 1. The highest BCUT2D eigenvalue weighted by Gasteiger charge is 2.19. The van der Waals surface area contributed by atoms with Crippen molar-refractivity contribution in [2.24, 2.45) is 0 Å². The van der Waals surface area contributed by atoms with Crippen molar-refractivity contribution in [2.45, 2.75) is 26.4 Å². The van der Waals surface area contributed by atoms with Gasteiger partial charge in [0.05, 0.1) is 11.0 Å². The predicted molar refractivity (Wildman–Crippen MR) is 72.0 cm³/mol. The number of anilines is 2. The molecule has 3 N–H and O–H groups in total. The van der Waals surface area contributed by atoms with E-state index in [0.717, 1.165) is 6.42 Å². The molecule has 0 spiro atoms. The van der Waals surface area contributed by atoms with Crippen LogP contribution in [0.3, 0.4) is 0 Å². The van der Waals surface area contributed by atoms with Crippen LogP contribution in [0.15, 0.2) is 18.2 Å². The Morgan fingerprint density at radius 2 is 2.00 bits per heavy atom. The first-order valence-electron chi connectivity index (χ1n) is 5.99. The van der Waals surface area contributed by atoms with E-state index in [2.05, 4.69) is 10.6 Å². The molecule has 0 saturated heterocycles. The van der Waals surface area contributed by atoms with Crippen molar-refractivity contribution < 1.29 is 10.0 Å². The summed E-state index contributed by atoms with van der Waals surface area (Å²) in [6, 6.07) is 5.06. The molecule has 0 bridgehead atoms. The van der Waals surface area contributed by atoms with Gasteiger partial charge in [-0.2, -0.15) is 0 Å². The van der Waals surface area contributed by atoms with Crippen LogP contribution in [0.5, 0.6) is 0 Å². The summed E-state index contributed by atoms with van der Waals surface area (Å²) in [4.78, 5) is 10.7. The zero-order chi connectivity index (χ0) is 13.5. The van der Waals surface area contributed by atoms with Crippen LogP contribution in [0, 0.1) is 10.1 Å². The molecule has 0 aliphatic carbocycles. The van der Waals surface area contributed by atoms with Gasteiger partial charge in [-0.3, -0.25) is 10.1 Å². The number of nitrogens with zero attached hydrogens (tertiary/aromatic N) is 1. The van der Waals surface area contributed by atoms with Crippen molar-refractivity contribution in [2.75, 3.05) is 23.7 Å². The number of aliphatic hydroxyl groups excluding tert-OH is 1. The molecule has 1 atom stereocenters. The van der Waals surface area contributed by atoms with E-state index in [9.17, 15) is 15.2 Å². The lowest BCUT2D eigenvalue weighted by Gasteiger charge is -2.12. The fourth-order valence-corrected chi connectivity index (χ4v) is 1.54. The van der Waals surface area contributed by atoms with E-state index in [1.54, 1.807) is 25.1 Å². The van der Waals surface area contributed by atoms with Crippen LogP contribution in [0.1, 0.15) is 20.3 Å². The highest BCUT2D eigenvalue weighted by Crippen LogP contribution is 2.32. The maximum absolute atomic E-state index is 11.1. The molecule has 0 radical (unpaired) electrons. The Kier molecular flexibility index (Phi) is 5.38. The molecule has 0 aliphatic heterocycles. The molecular formula is C12H19N3O3. The van der Waals surface area contributed by atoms with Gasteiger partial charge in [0.2, 0.25) is 0 Å². The molecule has 1 aromatic carbocycles. The minimum atomic E-state index is -0.558. The topological polar surface area (TPSA) is 87.4 Å². The Morgan fingerprint density at radius 3 is 2.50 bits per heavy atom. The summed E-state index contributed by atoms with van der Waals surface area (Å²) in [5, 5.41) is 26.2. The van der Waals surface area contributed by atoms with E-state index >= 15 is 0 Å². The number of hydrogen-bond donors (Lipinski definition) is 3. The molecule has 6 nitrogen and oxygen atoms in total. The van der Waals surface area contributed by atoms with Gasteiger partial charge in [0, 0.05) is 13.1 Å². The minimum absolute atomic E-state index is 0.0200. The predicted octanol–water partition coefficient (Wildman–Crippen LogP) is 2.21. The van der Waals surface area contributed by atoms with Crippen molar-refractivity contribution in [3.63, 3.8) is 0 Å². The zero-order valence-corrected chi connectivity index (χ0v) is 10.6. The van der Waals surface area contributed by atoms with Crippen molar-refractivity contribution in [3.05, 3.63) is 28.3 Å². The second kappa shape index (κ2) is 6.80. The number of nitro benzene ring substituents is 1. The molecule has 0 saturated carbocycles. The summed E-state index contributed by atoms with van der Waals surface area (Å²) in [7, 11) is 0. The lowest BCUT2D eigenvalue weighted by molar-refractivity contribution is -0.383. The Balaban J connectivity index is 2.97. The molecule has 0 aromatic heterocycles. The van der Waals surface area contributed by atoms with E-state index in [4.69, 9.17) is 0 Å². The van der Waals surface area contributed by atoms with Gasteiger partial charge in [0.25, 0.3) is 0 Å². The third-order valence-corrected chi connectivity index (χ3v) is 2.37. The van der Waals surface area contributed by atoms with Crippen molar-refractivity contribution in [1.29, 1.82) is 0 Å². The summed E-state index contributed by atoms with van der Waals surface area (Å²) in [5.74, 6) is 0. The smallest absolute Gasteiger partial charge is 0.315 e. The van der Waals surface area contributed by atoms with Gasteiger partial charge in [0.1, 0.15) is 11.4 Å². The Hall–Kier alpha value is -1.82. The van der Waals surface area contributed by atoms with E-state index in [-0.39, 0.29) is 12.2 Å². The number of nitro groups is 1. The van der Waals surface area contributed by atoms with E-state index in [0.29, 0.717) is 17.9 Å². The molecule has 0 aliphatic rings. The van der Waals surface area contributed by atoms with E-state index in [1.807, 2.05) is 6.92 Å². The standard InChI is InChI=1S/C12H19N3O3/c1-3-7-13-10-5-4-6-11(12(10)15(17)18)14-8-9(2)16/h4-6,9,13-14,16H,3,7-8H2,1-2H3. The zero-order valence-electron chi connectivity index (χ0n) is 10.6. The molecule has 18 heavy (non-hydrogen) atoms. The lowest BCUT2D eigenvalue weighted by atomic mass is 10.2. The van der Waals surface area contributed by atoms with Crippen LogP contribution >= 0.6 is 0 Å². The largest absolute Gasteiger partial charge is 0.392 e. The quantitative estimate of drug-likeness (QED) is 0.512. The molecule has 1 unspecified atom stereocenters. The van der Waals surface area contributed by atoms with Crippen LogP contribution in [0.4, 0.5) is 17.1 Å². The average Bonchev–Trinajstić information content (AvgIpc) is 2.33. The molecule has 0 heterocycles. The third-order valence-electron chi connectivity index (χ3n) is 2.37. The molecule has 100 valence electrons. The molecule has 1 rings (SSSR count). The van der Waals surface area contributed by atoms with Crippen LogP contribution in [-0.2, 0) is 0 Å². The van der Waals surface area contributed by atoms with Gasteiger partial charge in [-0.25, -0.2) is 0 Å². The van der Waals surface area contributed by atoms with Gasteiger partial charge in [-0.05, 0) is 25.5 Å². The fourth-order valence-electron chi connectivity index (χ4n) is 1.54. The number of nitrogens with one attached hydrogen (secondary N) is 2. The summed E-state index contributed by atoms with van der Waals surface area (Å²) >= 11 is 0. The average molecular weight is 253 g/mol. The molecule has 6 heteroatoms. The van der Waals surface area contributed by atoms with E-state index < -0.39 is 11.0 Å². The van der Waals surface area contributed by atoms with Crippen molar-refractivity contribution in [3.8, 4) is 0 Å². The van der Waals surface area contributed by atoms with Gasteiger partial charge in [0.15, 0.2) is 0 Å². The fraction of sp³-hybridized carbons (Fsp3) is 0.500. The van der Waals surface area contributed by atoms with E-state index in [1.165, 1.54) is 0 Å². The van der Waals surface area contributed by atoms with Crippen LogP contribution in [0.2, 0.25) is 0 Å². The normalized spacial score (nSPS) is 11.9. The first kappa shape index (κ1) is 14.2.